The van der Waals surface area contributed by atoms with Crippen LogP contribution in [0.4, 0.5) is 5.69 Å². The SMILES string of the molecule is Cc1nn(C)c(C)c1NC(=O)COC(=O)c1cc(=O)c2cc(Cl)ccc2o1. The van der Waals surface area contributed by atoms with Crippen molar-refractivity contribution in [2.75, 3.05) is 11.9 Å². The molecule has 140 valence electrons. The minimum atomic E-state index is -0.918. The van der Waals surface area contributed by atoms with Gasteiger partial charge in [0.05, 0.1) is 22.5 Å². The van der Waals surface area contributed by atoms with Gasteiger partial charge in [-0.1, -0.05) is 11.6 Å². The highest BCUT2D eigenvalue weighted by Crippen LogP contribution is 2.19. The van der Waals surface area contributed by atoms with E-state index < -0.39 is 23.9 Å². The van der Waals surface area contributed by atoms with Crippen LogP contribution < -0.4 is 10.7 Å². The van der Waals surface area contributed by atoms with Crippen molar-refractivity contribution in [3.05, 3.63) is 56.7 Å². The number of hydrogen-bond acceptors (Lipinski definition) is 6. The van der Waals surface area contributed by atoms with E-state index in [2.05, 4.69) is 10.4 Å². The van der Waals surface area contributed by atoms with E-state index in [9.17, 15) is 14.4 Å². The molecule has 0 atom stereocenters. The van der Waals surface area contributed by atoms with Gasteiger partial charge in [-0.2, -0.15) is 5.10 Å². The van der Waals surface area contributed by atoms with Gasteiger partial charge in [-0.3, -0.25) is 14.3 Å². The molecule has 0 aliphatic heterocycles. The number of anilines is 1. The first-order valence-electron chi connectivity index (χ1n) is 7.97. The van der Waals surface area contributed by atoms with Crippen LogP contribution in [0.15, 0.2) is 33.5 Å². The Balaban J connectivity index is 1.70. The molecule has 27 heavy (non-hydrogen) atoms. The molecule has 0 aliphatic rings. The lowest BCUT2D eigenvalue weighted by Crippen LogP contribution is -2.22. The predicted octanol–water partition coefficient (Wildman–Crippen LogP) is 2.59. The molecular formula is C18H16ClN3O5. The standard InChI is InChI=1S/C18H16ClN3O5/c1-9-17(10(2)22(3)21-9)20-16(24)8-26-18(25)15-7-13(23)12-6-11(19)4-5-14(12)27-15/h4-7H,8H2,1-3H3,(H,20,24). The highest BCUT2D eigenvalue weighted by Gasteiger charge is 2.17. The lowest BCUT2D eigenvalue weighted by atomic mass is 10.2. The number of aromatic nitrogens is 2. The summed E-state index contributed by atoms with van der Waals surface area (Å²) < 4.78 is 11.9. The Bertz CT molecular complexity index is 1120. The third-order valence-corrected chi connectivity index (χ3v) is 4.23. The number of benzene rings is 1. The lowest BCUT2D eigenvalue weighted by Gasteiger charge is -2.07. The summed E-state index contributed by atoms with van der Waals surface area (Å²) in [6.45, 7) is 3.03. The molecule has 1 amide bonds. The normalized spacial score (nSPS) is 10.8. The van der Waals surface area contributed by atoms with E-state index in [1.807, 2.05) is 0 Å². The molecule has 8 nitrogen and oxygen atoms in total. The number of halogens is 1. The molecule has 0 saturated heterocycles. The Labute approximate surface area is 158 Å². The van der Waals surface area contributed by atoms with Crippen LogP contribution in [0.3, 0.4) is 0 Å². The van der Waals surface area contributed by atoms with Crippen LogP contribution in [0, 0.1) is 13.8 Å². The van der Waals surface area contributed by atoms with Crippen molar-refractivity contribution in [2.24, 2.45) is 7.05 Å². The highest BCUT2D eigenvalue weighted by molar-refractivity contribution is 6.31. The fourth-order valence-corrected chi connectivity index (χ4v) is 2.73. The number of fused-ring (bicyclic) bond motifs is 1. The van der Waals surface area contributed by atoms with Gasteiger partial charge < -0.3 is 14.5 Å². The molecule has 0 bridgehead atoms. The van der Waals surface area contributed by atoms with Gasteiger partial charge in [0.25, 0.3) is 5.91 Å². The van der Waals surface area contributed by atoms with E-state index in [0.717, 1.165) is 11.8 Å². The summed E-state index contributed by atoms with van der Waals surface area (Å²) in [5, 5.41) is 7.46. The second-order valence-electron chi connectivity index (χ2n) is 5.91. The number of nitrogens with one attached hydrogen (secondary N) is 1. The summed E-state index contributed by atoms with van der Waals surface area (Å²) in [6, 6.07) is 5.47. The predicted molar refractivity (Wildman–Crippen MR) is 99.1 cm³/mol. The fourth-order valence-electron chi connectivity index (χ4n) is 2.56. The molecule has 0 unspecified atom stereocenters. The number of hydrogen-bond donors (Lipinski definition) is 1. The summed E-state index contributed by atoms with van der Waals surface area (Å²) in [5.41, 5.74) is 1.74. The molecular weight excluding hydrogens is 374 g/mol. The first kappa shape index (κ1) is 18.7. The number of rotatable bonds is 4. The zero-order chi connectivity index (χ0) is 19.7. The monoisotopic (exact) mass is 389 g/mol. The number of nitrogens with zero attached hydrogens (tertiary/aromatic N) is 2. The van der Waals surface area contributed by atoms with Gasteiger partial charge in [0.2, 0.25) is 5.76 Å². The van der Waals surface area contributed by atoms with Crippen LogP contribution in [0.2, 0.25) is 5.02 Å². The Morgan fingerprint density at radius 3 is 2.70 bits per heavy atom. The second kappa shape index (κ2) is 7.24. The molecule has 0 saturated carbocycles. The van der Waals surface area contributed by atoms with Gasteiger partial charge in [0, 0.05) is 18.1 Å². The molecule has 3 aromatic rings. The minimum Gasteiger partial charge on any atom is -0.450 e. The van der Waals surface area contributed by atoms with Crippen LogP contribution in [-0.2, 0) is 16.6 Å². The number of aryl methyl sites for hydroxylation is 2. The van der Waals surface area contributed by atoms with Crippen LogP contribution in [0.1, 0.15) is 21.9 Å². The summed E-state index contributed by atoms with van der Waals surface area (Å²) >= 11 is 5.85. The van der Waals surface area contributed by atoms with Crippen molar-refractivity contribution in [1.29, 1.82) is 0 Å². The number of esters is 1. The summed E-state index contributed by atoms with van der Waals surface area (Å²) in [6.07, 6.45) is 0. The molecule has 2 aromatic heterocycles. The van der Waals surface area contributed by atoms with Crippen LogP contribution in [-0.4, -0.2) is 28.3 Å². The van der Waals surface area contributed by atoms with E-state index in [1.165, 1.54) is 18.2 Å². The maximum absolute atomic E-state index is 12.1. The van der Waals surface area contributed by atoms with Crippen molar-refractivity contribution >= 4 is 40.1 Å². The molecule has 0 fully saturated rings. The van der Waals surface area contributed by atoms with Gasteiger partial charge in [0.1, 0.15) is 5.58 Å². The fraction of sp³-hybridized carbons (Fsp3) is 0.222. The van der Waals surface area contributed by atoms with E-state index in [1.54, 1.807) is 25.6 Å². The topological polar surface area (TPSA) is 103 Å². The zero-order valence-electron chi connectivity index (χ0n) is 14.8. The Kier molecular flexibility index (Phi) is 5.00. The molecule has 2 heterocycles. The van der Waals surface area contributed by atoms with Crippen molar-refractivity contribution in [3.8, 4) is 0 Å². The Morgan fingerprint density at radius 2 is 2.04 bits per heavy atom. The maximum atomic E-state index is 12.1. The van der Waals surface area contributed by atoms with Crippen LogP contribution in [0.25, 0.3) is 11.0 Å². The van der Waals surface area contributed by atoms with Gasteiger partial charge in [-0.25, -0.2) is 4.79 Å². The van der Waals surface area contributed by atoms with Crippen molar-refractivity contribution in [2.45, 2.75) is 13.8 Å². The highest BCUT2D eigenvalue weighted by atomic mass is 35.5. The van der Waals surface area contributed by atoms with E-state index in [-0.39, 0.29) is 16.7 Å². The first-order valence-corrected chi connectivity index (χ1v) is 8.34. The first-order chi connectivity index (χ1) is 12.8. The average Bonchev–Trinajstić information content (AvgIpc) is 2.86. The van der Waals surface area contributed by atoms with Crippen molar-refractivity contribution in [3.63, 3.8) is 0 Å². The number of ether oxygens (including phenoxy) is 1. The molecule has 0 aliphatic carbocycles. The molecule has 1 aromatic carbocycles. The lowest BCUT2D eigenvalue weighted by molar-refractivity contribution is -0.119. The summed E-state index contributed by atoms with van der Waals surface area (Å²) in [7, 11) is 1.76. The van der Waals surface area contributed by atoms with E-state index >= 15 is 0 Å². The third-order valence-electron chi connectivity index (χ3n) is 4.00. The molecule has 0 spiro atoms. The maximum Gasteiger partial charge on any atom is 0.374 e. The van der Waals surface area contributed by atoms with Crippen LogP contribution >= 0.6 is 11.6 Å². The number of carbonyl (C=O) groups excluding carboxylic acids is 2. The van der Waals surface area contributed by atoms with E-state index in [4.69, 9.17) is 20.8 Å². The van der Waals surface area contributed by atoms with Gasteiger partial charge in [0.15, 0.2) is 12.0 Å². The van der Waals surface area contributed by atoms with Gasteiger partial charge in [-0.05, 0) is 32.0 Å². The van der Waals surface area contributed by atoms with E-state index in [0.29, 0.717) is 16.4 Å². The average molecular weight is 390 g/mol. The summed E-state index contributed by atoms with van der Waals surface area (Å²) in [5.74, 6) is -1.74. The molecule has 1 N–H and O–H groups in total. The largest absolute Gasteiger partial charge is 0.450 e. The molecule has 0 radical (unpaired) electrons. The number of carbonyl (C=O) groups is 2. The quantitative estimate of drug-likeness (QED) is 0.688. The third kappa shape index (κ3) is 3.85. The second-order valence-corrected chi connectivity index (χ2v) is 6.35. The van der Waals surface area contributed by atoms with Crippen LogP contribution in [0.5, 0.6) is 0 Å². The Morgan fingerprint density at radius 1 is 1.30 bits per heavy atom. The number of amides is 1. The zero-order valence-corrected chi connectivity index (χ0v) is 15.6. The van der Waals surface area contributed by atoms with Gasteiger partial charge in [-0.15, -0.1) is 0 Å². The van der Waals surface area contributed by atoms with Crippen molar-refractivity contribution in [1.82, 2.24) is 9.78 Å². The molecule has 3 rings (SSSR count). The van der Waals surface area contributed by atoms with Crippen molar-refractivity contribution < 1.29 is 18.7 Å². The minimum absolute atomic E-state index is 0.199. The molecule has 9 heteroatoms. The summed E-state index contributed by atoms with van der Waals surface area (Å²) in [4.78, 5) is 36.3. The van der Waals surface area contributed by atoms with Gasteiger partial charge >= 0.3 is 5.97 Å². The smallest absolute Gasteiger partial charge is 0.374 e. The Hall–Kier alpha value is -3.13.